The molecule has 2 nitrogen and oxygen atoms in total. The van der Waals surface area contributed by atoms with E-state index < -0.39 is 0 Å². The third kappa shape index (κ3) is 2.12. The molecule has 2 aliphatic heterocycles. The summed E-state index contributed by atoms with van der Waals surface area (Å²) in [6, 6.07) is 0.495. The van der Waals surface area contributed by atoms with Gasteiger partial charge in [0.15, 0.2) is 0 Å². The smallest absolute Gasteiger partial charge is 0.0842 e. The Morgan fingerprint density at radius 3 is 2.56 bits per heavy atom. The summed E-state index contributed by atoms with van der Waals surface area (Å²) in [4.78, 5) is 2.58. The van der Waals surface area contributed by atoms with Crippen LogP contribution < -0.4 is 0 Å². The molecule has 1 aliphatic carbocycles. The second kappa shape index (κ2) is 5.13. The lowest BCUT2D eigenvalue weighted by Gasteiger charge is -2.44. The van der Waals surface area contributed by atoms with Crippen LogP contribution in [-0.2, 0) is 0 Å². The van der Waals surface area contributed by atoms with Gasteiger partial charge in [0.25, 0.3) is 0 Å². The molecule has 3 fully saturated rings. The van der Waals surface area contributed by atoms with E-state index in [0.29, 0.717) is 12.0 Å². The van der Waals surface area contributed by atoms with Crippen molar-refractivity contribution in [1.29, 1.82) is 0 Å². The van der Waals surface area contributed by atoms with E-state index in [4.69, 9.17) is 0 Å². The molecule has 1 saturated carbocycles. The summed E-state index contributed by atoms with van der Waals surface area (Å²) in [6.07, 6.45) is 11.6. The molecule has 0 aromatic carbocycles. The van der Waals surface area contributed by atoms with Crippen molar-refractivity contribution in [3.05, 3.63) is 0 Å². The molecule has 0 amide bonds. The third-order valence-corrected chi connectivity index (χ3v) is 6.12. The predicted octanol–water partition coefficient (Wildman–Crippen LogP) is 3.19. The van der Waals surface area contributed by atoms with Gasteiger partial charge in [-0.2, -0.15) is 0 Å². The summed E-state index contributed by atoms with van der Waals surface area (Å²) >= 11 is 0. The van der Waals surface area contributed by atoms with Crippen LogP contribution in [0.25, 0.3) is 0 Å². The molecular formula is C16H29NO. The molecule has 0 aromatic rings. The molecule has 2 atom stereocenters. The highest BCUT2D eigenvalue weighted by molar-refractivity contribution is 5.05. The van der Waals surface area contributed by atoms with Gasteiger partial charge in [-0.15, -0.1) is 0 Å². The molecule has 0 bridgehead atoms. The molecule has 2 unspecified atom stereocenters. The van der Waals surface area contributed by atoms with Crippen LogP contribution in [0, 0.1) is 11.8 Å². The minimum Gasteiger partial charge on any atom is -0.388 e. The number of fused-ring (bicyclic) bond motifs is 1. The molecule has 3 aliphatic rings. The lowest BCUT2D eigenvalue weighted by atomic mass is 9.69. The number of hydrogen-bond acceptors (Lipinski definition) is 2. The first-order chi connectivity index (χ1) is 8.74. The van der Waals surface area contributed by atoms with Crippen LogP contribution in [0.15, 0.2) is 0 Å². The van der Waals surface area contributed by atoms with Crippen LogP contribution in [0.5, 0.6) is 0 Å². The zero-order valence-corrected chi connectivity index (χ0v) is 11.9. The topological polar surface area (TPSA) is 23.5 Å². The highest BCUT2D eigenvalue weighted by Gasteiger charge is 2.51. The van der Waals surface area contributed by atoms with E-state index in [1.807, 2.05) is 0 Å². The lowest BCUT2D eigenvalue weighted by molar-refractivity contribution is -0.0712. The third-order valence-electron chi connectivity index (χ3n) is 6.12. The first-order valence-electron chi connectivity index (χ1n) is 8.20. The van der Waals surface area contributed by atoms with Crippen LogP contribution in [0.1, 0.15) is 64.7 Å². The van der Waals surface area contributed by atoms with Gasteiger partial charge in [0, 0.05) is 12.6 Å². The molecule has 2 heterocycles. The number of piperidine rings is 1. The quantitative estimate of drug-likeness (QED) is 0.814. The van der Waals surface area contributed by atoms with Crippen molar-refractivity contribution >= 4 is 0 Å². The van der Waals surface area contributed by atoms with Gasteiger partial charge in [0.1, 0.15) is 0 Å². The normalized spacial score (nSPS) is 46.0. The Kier molecular flexibility index (Phi) is 3.68. The van der Waals surface area contributed by atoms with E-state index in [2.05, 4.69) is 11.8 Å². The summed E-state index contributed by atoms with van der Waals surface area (Å²) in [5.74, 6) is 1.53. The van der Waals surface area contributed by atoms with Crippen LogP contribution in [0.4, 0.5) is 0 Å². The molecule has 0 radical (unpaired) electrons. The summed E-state index contributed by atoms with van der Waals surface area (Å²) < 4.78 is 0. The minimum atomic E-state index is -0.334. The van der Waals surface area contributed by atoms with Crippen molar-refractivity contribution in [2.45, 2.75) is 76.4 Å². The highest BCUT2D eigenvalue weighted by Crippen LogP contribution is 2.46. The maximum Gasteiger partial charge on any atom is 0.0842 e. The average molecular weight is 251 g/mol. The first kappa shape index (κ1) is 12.9. The van der Waals surface area contributed by atoms with Gasteiger partial charge in [-0.05, 0) is 50.5 Å². The molecule has 0 spiro atoms. The van der Waals surface area contributed by atoms with Crippen molar-refractivity contribution in [2.75, 3.05) is 13.1 Å². The maximum absolute atomic E-state index is 11.2. The zero-order valence-electron chi connectivity index (χ0n) is 11.9. The first-order valence-corrected chi connectivity index (χ1v) is 8.20. The maximum atomic E-state index is 11.2. The Bertz CT molecular complexity index is 285. The zero-order chi connectivity index (χ0) is 12.6. The Balaban J connectivity index is 1.67. The van der Waals surface area contributed by atoms with Crippen molar-refractivity contribution in [2.24, 2.45) is 11.8 Å². The van der Waals surface area contributed by atoms with Crippen LogP contribution in [-0.4, -0.2) is 34.7 Å². The van der Waals surface area contributed by atoms with Gasteiger partial charge in [0.2, 0.25) is 0 Å². The monoisotopic (exact) mass is 251 g/mol. The number of rotatable bonds is 2. The fourth-order valence-electron chi connectivity index (χ4n) is 4.86. The second-order valence-corrected chi connectivity index (χ2v) is 6.91. The van der Waals surface area contributed by atoms with E-state index in [0.717, 1.165) is 18.9 Å². The Morgan fingerprint density at radius 1 is 1.06 bits per heavy atom. The standard InChI is InChI=1S/C16H29NO/c1-2-13-6-8-14(9-7-13)16(18)10-12-17-11-4-3-5-15(16)17/h13-15,18H,2-12H2,1H3. The summed E-state index contributed by atoms with van der Waals surface area (Å²) in [5.41, 5.74) is -0.334. The Hall–Kier alpha value is -0.0800. The fraction of sp³-hybridized carbons (Fsp3) is 1.00. The molecule has 1 N–H and O–H groups in total. The molecular weight excluding hydrogens is 222 g/mol. The predicted molar refractivity (Wildman–Crippen MR) is 74.5 cm³/mol. The largest absolute Gasteiger partial charge is 0.388 e. The Labute approximate surface area is 112 Å². The van der Waals surface area contributed by atoms with Gasteiger partial charge >= 0.3 is 0 Å². The number of hydrogen-bond donors (Lipinski definition) is 1. The summed E-state index contributed by atoms with van der Waals surface area (Å²) in [5, 5.41) is 11.2. The average Bonchev–Trinajstić information content (AvgIpc) is 2.78. The molecule has 0 aromatic heterocycles. The van der Waals surface area contributed by atoms with Gasteiger partial charge in [-0.25, -0.2) is 0 Å². The van der Waals surface area contributed by atoms with Gasteiger partial charge in [-0.1, -0.05) is 32.6 Å². The Morgan fingerprint density at radius 2 is 1.83 bits per heavy atom. The van der Waals surface area contributed by atoms with Crippen molar-refractivity contribution in [3.8, 4) is 0 Å². The van der Waals surface area contributed by atoms with Crippen molar-refractivity contribution in [1.82, 2.24) is 4.90 Å². The van der Waals surface area contributed by atoms with E-state index in [1.54, 1.807) is 0 Å². The molecule has 2 heteroatoms. The van der Waals surface area contributed by atoms with Crippen molar-refractivity contribution < 1.29 is 5.11 Å². The molecule has 2 saturated heterocycles. The second-order valence-electron chi connectivity index (χ2n) is 6.91. The minimum absolute atomic E-state index is 0.334. The lowest BCUT2D eigenvalue weighted by Crippen LogP contribution is -2.52. The fourth-order valence-corrected chi connectivity index (χ4v) is 4.86. The van der Waals surface area contributed by atoms with Gasteiger partial charge < -0.3 is 5.11 Å². The van der Waals surface area contributed by atoms with Gasteiger partial charge in [0.05, 0.1) is 5.60 Å². The van der Waals surface area contributed by atoms with Crippen LogP contribution >= 0.6 is 0 Å². The number of aliphatic hydroxyl groups is 1. The van der Waals surface area contributed by atoms with Crippen LogP contribution in [0.2, 0.25) is 0 Å². The molecule has 3 rings (SSSR count). The van der Waals surface area contributed by atoms with Crippen LogP contribution in [0.3, 0.4) is 0 Å². The van der Waals surface area contributed by atoms with E-state index in [9.17, 15) is 5.11 Å². The highest BCUT2D eigenvalue weighted by atomic mass is 16.3. The molecule has 18 heavy (non-hydrogen) atoms. The van der Waals surface area contributed by atoms with Gasteiger partial charge in [-0.3, -0.25) is 4.90 Å². The number of nitrogens with zero attached hydrogens (tertiary/aromatic N) is 1. The summed E-state index contributed by atoms with van der Waals surface area (Å²) in [7, 11) is 0. The summed E-state index contributed by atoms with van der Waals surface area (Å²) in [6.45, 7) is 4.70. The van der Waals surface area contributed by atoms with E-state index >= 15 is 0 Å². The van der Waals surface area contributed by atoms with E-state index in [1.165, 1.54) is 57.9 Å². The van der Waals surface area contributed by atoms with Crippen molar-refractivity contribution in [3.63, 3.8) is 0 Å². The molecule has 104 valence electrons. The van der Waals surface area contributed by atoms with E-state index in [-0.39, 0.29) is 5.60 Å². The SMILES string of the molecule is CCC1CCC(C2(O)CCN3CCCCC32)CC1.